The van der Waals surface area contributed by atoms with Crippen LogP contribution in [-0.2, 0) is 5.41 Å². The van der Waals surface area contributed by atoms with E-state index >= 15 is 0 Å². The number of benzene rings is 1. The predicted molar refractivity (Wildman–Crippen MR) is 71.1 cm³/mol. The van der Waals surface area contributed by atoms with Gasteiger partial charge in [-0.3, -0.25) is 0 Å². The zero-order valence-corrected chi connectivity index (χ0v) is 11.2. The molecule has 0 aliphatic rings. The van der Waals surface area contributed by atoms with Crippen molar-refractivity contribution < 1.29 is 0 Å². The van der Waals surface area contributed by atoms with Crippen molar-refractivity contribution in [2.45, 2.75) is 32.2 Å². The highest BCUT2D eigenvalue weighted by atomic mass is 32.1. The fourth-order valence-corrected chi connectivity index (χ4v) is 2.40. The lowest BCUT2D eigenvalue weighted by molar-refractivity contribution is 0.577. The number of rotatable bonds is 2. The number of hydrogen-bond acceptors (Lipinski definition) is 4. The summed E-state index contributed by atoms with van der Waals surface area (Å²) in [6.07, 6.45) is 0. The zero-order chi connectivity index (χ0) is 12.5. The Morgan fingerprint density at radius 2 is 1.76 bits per heavy atom. The van der Waals surface area contributed by atoms with Crippen LogP contribution in [0.15, 0.2) is 30.3 Å². The fraction of sp³-hybridized carbons (Fsp3) is 0.385. The molecule has 0 amide bonds. The van der Waals surface area contributed by atoms with Crippen LogP contribution in [0.4, 0.5) is 0 Å². The predicted octanol–water partition coefficient (Wildman–Crippen LogP) is 2.88. The van der Waals surface area contributed by atoms with E-state index in [-0.39, 0.29) is 11.5 Å². The molecule has 0 saturated heterocycles. The van der Waals surface area contributed by atoms with Crippen molar-refractivity contribution >= 4 is 11.3 Å². The van der Waals surface area contributed by atoms with Gasteiger partial charge in [0.15, 0.2) is 0 Å². The second-order valence-corrected chi connectivity index (χ2v) is 6.09. The SMILES string of the molecule is CC(C)(C)c1nnc(C(N)c2ccccc2)s1. The van der Waals surface area contributed by atoms with Gasteiger partial charge in [-0.25, -0.2) is 0 Å². The Bertz CT molecular complexity index is 485. The summed E-state index contributed by atoms with van der Waals surface area (Å²) in [5, 5.41) is 10.3. The van der Waals surface area contributed by atoms with Crippen molar-refractivity contribution in [3.8, 4) is 0 Å². The summed E-state index contributed by atoms with van der Waals surface area (Å²) >= 11 is 1.60. The summed E-state index contributed by atoms with van der Waals surface area (Å²) in [5.41, 5.74) is 7.29. The lowest BCUT2D eigenvalue weighted by Gasteiger charge is -2.12. The highest BCUT2D eigenvalue weighted by Crippen LogP contribution is 2.29. The van der Waals surface area contributed by atoms with E-state index in [9.17, 15) is 0 Å². The topological polar surface area (TPSA) is 51.8 Å². The lowest BCUT2D eigenvalue weighted by atomic mass is 9.98. The second-order valence-electron chi connectivity index (χ2n) is 5.08. The molecule has 0 spiro atoms. The second kappa shape index (κ2) is 4.55. The minimum absolute atomic E-state index is 0.0341. The zero-order valence-electron chi connectivity index (χ0n) is 10.3. The molecular weight excluding hydrogens is 230 g/mol. The smallest absolute Gasteiger partial charge is 0.138 e. The van der Waals surface area contributed by atoms with E-state index in [0.717, 1.165) is 15.6 Å². The molecule has 0 radical (unpaired) electrons. The van der Waals surface area contributed by atoms with Gasteiger partial charge in [0.25, 0.3) is 0 Å². The van der Waals surface area contributed by atoms with Gasteiger partial charge in [-0.1, -0.05) is 62.4 Å². The van der Waals surface area contributed by atoms with Crippen LogP contribution in [0, 0.1) is 0 Å². The van der Waals surface area contributed by atoms with Gasteiger partial charge in [0, 0.05) is 5.41 Å². The number of aromatic nitrogens is 2. The minimum Gasteiger partial charge on any atom is -0.318 e. The first-order valence-corrected chi connectivity index (χ1v) is 6.44. The Hall–Kier alpha value is -1.26. The number of nitrogens with zero attached hydrogens (tertiary/aromatic N) is 2. The largest absolute Gasteiger partial charge is 0.318 e. The molecule has 1 aromatic carbocycles. The molecule has 90 valence electrons. The Morgan fingerprint density at radius 3 is 2.29 bits per heavy atom. The summed E-state index contributed by atoms with van der Waals surface area (Å²) in [7, 11) is 0. The number of hydrogen-bond donors (Lipinski definition) is 1. The third kappa shape index (κ3) is 2.70. The molecule has 17 heavy (non-hydrogen) atoms. The van der Waals surface area contributed by atoms with Gasteiger partial charge in [-0.15, -0.1) is 10.2 Å². The maximum Gasteiger partial charge on any atom is 0.138 e. The molecule has 0 aliphatic carbocycles. The van der Waals surface area contributed by atoms with Crippen molar-refractivity contribution in [2.24, 2.45) is 5.73 Å². The molecule has 0 aliphatic heterocycles. The Kier molecular flexibility index (Phi) is 3.26. The monoisotopic (exact) mass is 247 g/mol. The van der Waals surface area contributed by atoms with Gasteiger partial charge in [-0.2, -0.15) is 0 Å². The van der Waals surface area contributed by atoms with Crippen LogP contribution < -0.4 is 5.73 Å². The van der Waals surface area contributed by atoms with Gasteiger partial charge in [-0.05, 0) is 5.56 Å². The Morgan fingerprint density at radius 1 is 1.12 bits per heavy atom. The summed E-state index contributed by atoms with van der Waals surface area (Å²) in [4.78, 5) is 0. The molecule has 1 unspecified atom stereocenters. The fourth-order valence-electron chi connectivity index (χ4n) is 1.47. The van der Waals surface area contributed by atoms with Crippen LogP contribution >= 0.6 is 11.3 Å². The summed E-state index contributed by atoms with van der Waals surface area (Å²) in [6, 6.07) is 9.81. The molecule has 0 saturated carbocycles. The van der Waals surface area contributed by atoms with Crippen LogP contribution in [0.3, 0.4) is 0 Å². The quantitative estimate of drug-likeness (QED) is 0.887. The molecule has 1 atom stereocenters. The normalized spacial score (nSPS) is 13.6. The average molecular weight is 247 g/mol. The molecule has 4 heteroatoms. The van der Waals surface area contributed by atoms with Crippen LogP contribution in [0.5, 0.6) is 0 Å². The van der Waals surface area contributed by atoms with E-state index in [1.807, 2.05) is 30.3 Å². The van der Waals surface area contributed by atoms with E-state index in [0.29, 0.717) is 0 Å². The molecule has 1 heterocycles. The first kappa shape index (κ1) is 12.2. The standard InChI is InChI=1S/C13H17N3S/c1-13(2,3)12-16-15-11(17-12)10(14)9-7-5-4-6-8-9/h4-8,10H,14H2,1-3H3. The van der Waals surface area contributed by atoms with Crippen molar-refractivity contribution in [3.63, 3.8) is 0 Å². The first-order chi connectivity index (χ1) is 7.98. The van der Waals surface area contributed by atoms with Crippen molar-refractivity contribution in [2.75, 3.05) is 0 Å². The summed E-state index contributed by atoms with van der Waals surface area (Å²) in [6.45, 7) is 6.39. The van der Waals surface area contributed by atoms with Crippen LogP contribution in [0.25, 0.3) is 0 Å². The molecule has 2 rings (SSSR count). The third-order valence-corrected chi connectivity index (χ3v) is 3.94. The highest BCUT2D eigenvalue weighted by molar-refractivity contribution is 7.11. The minimum atomic E-state index is -0.176. The van der Waals surface area contributed by atoms with E-state index in [1.54, 1.807) is 11.3 Å². The molecule has 3 nitrogen and oxygen atoms in total. The summed E-state index contributed by atoms with van der Waals surface area (Å²) < 4.78 is 0. The molecular formula is C13H17N3S. The molecule has 0 bridgehead atoms. The molecule has 2 aromatic rings. The van der Waals surface area contributed by atoms with Crippen molar-refractivity contribution in [3.05, 3.63) is 45.9 Å². The van der Waals surface area contributed by atoms with Gasteiger partial charge in [0.05, 0.1) is 6.04 Å². The van der Waals surface area contributed by atoms with Crippen LogP contribution in [-0.4, -0.2) is 10.2 Å². The van der Waals surface area contributed by atoms with E-state index < -0.39 is 0 Å². The van der Waals surface area contributed by atoms with Crippen molar-refractivity contribution in [1.82, 2.24) is 10.2 Å². The van der Waals surface area contributed by atoms with Crippen LogP contribution in [0.2, 0.25) is 0 Å². The Labute approximate surface area is 106 Å². The maximum atomic E-state index is 6.18. The summed E-state index contributed by atoms with van der Waals surface area (Å²) in [5.74, 6) is 0. The number of nitrogens with two attached hydrogens (primary N) is 1. The van der Waals surface area contributed by atoms with E-state index in [2.05, 4.69) is 31.0 Å². The van der Waals surface area contributed by atoms with E-state index in [4.69, 9.17) is 5.73 Å². The third-order valence-electron chi connectivity index (χ3n) is 2.51. The molecule has 0 fully saturated rings. The van der Waals surface area contributed by atoms with Crippen LogP contribution in [0.1, 0.15) is 42.4 Å². The lowest BCUT2D eigenvalue weighted by Crippen LogP contribution is -2.11. The van der Waals surface area contributed by atoms with Gasteiger partial charge in [0.2, 0.25) is 0 Å². The van der Waals surface area contributed by atoms with Gasteiger partial charge >= 0.3 is 0 Å². The highest BCUT2D eigenvalue weighted by Gasteiger charge is 2.21. The maximum absolute atomic E-state index is 6.18. The molecule has 2 N–H and O–H groups in total. The Balaban J connectivity index is 2.27. The molecule has 1 aromatic heterocycles. The van der Waals surface area contributed by atoms with Gasteiger partial charge in [0.1, 0.15) is 10.0 Å². The van der Waals surface area contributed by atoms with Crippen molar-refractivity contribution in [1.29, 1.82) is 0 Å². The average Bonchev–Trinajstić information content (AvgIpc) is 2.78. The van der Waals surface area contributed by atoms with Gasteiger partial charge < -0.3 is 5.73 Å². The van der Waals surface area contributed by atoms with E-state index in [1.165, 1.54) is 0 Å². The first-order valence-electron chi connectivity index (χ1n) is 5.63.